The molecule has 0 aliphatic rings. The molecule has 1 heterocycles. The number of aromatic hydroxyl groups is 1. The van der Waals surface area contributed by atoms with E-state index in [1.54, 1.807) is 18.2 Å². The van der Waals surface area contributed by atoms with E-state index >= 15 is 0 Å². The molecule has 2 aromatic rings. The van der Waals surface area contributed by atoms with Crippen LogP contribution in [-0.2, 0) is 0 Å². The van der Waals surface area contributed by atoms with E-state index < -0.39 is 0 Å². The molecule has 2 rings (SSSR count). The lowest BCUT2D eigenvalue weighted by molar-refractivity contribution is 0.475. The first kappa shape index (κ1) is 12.1. The van der Waals surface area contributed by atoms with Crippen molar-refractivity contribution in [2.45, 2.75) is 13.0 Å². The highest BCUT2D eigenvalue weighted by atomic mass is 16.3. The van der Waals surface area contributed by atoms with Crippen LogP contribution in [0.4, 0.5) is 5.82 Å². The van der Waals surface area contributed by atoms with Gasteiger partial charge in [0.05, 0.1) is 11.7 Å². The van der Waals surface area contributed by atoms with Crippen molar-refractivity contribution in [3.05, 3.63) is 54.2 Å². The Kier molecular flexibility index (Phi) is 3.57. The van der Waals surface area contributed by atoms with Crippen LogP contribution >= 0.6 is 0 Å². The second kappa shape index (κ2) is 5.31. The number of anilines is 1. The molecule has 0 bridgehead atoms. The summed E-state index contributed by atoms with van der Waals surface area (Å²) >= 11 is 0. The van der Waals surface area contributed by atoms with Crippen LogP contribution < -0.4 is 5.32 Å². The molecule has 0 aliphatic carbocycles. The highest BCUT2D eigenvalue weighted by molar-refractivity contribution is 5.45. The van der Waals surface area contributed by atoms with E-state index in [1.165, 1.54) is 0 Å². The zero-order valence-electron chi connectivity index (χ0n) is 10.2. The maximum Gasteiger partial charge on any atom is 0.149 e. The highest BCUT2D eigenvalue weighted by Crippen LogP contribution is 2.19. The second-order valence-electron chi connectivity index (χ2n) is 4.01. The minimum absolute atomic E-state index is 0.0921. The molecule has 0 saturated heterocycles. The van der Waals surface area contributed by atoms with Crippen molar-refractivity contribution < 1.29 is 5.11 Å². The summed E-state index contributed by atoms with van der Waals surface area (Å²) in [5, 5.41) is 20.5. The summed E-state index contributed by atoms with van der Waals surface area (Å²) in [6.07, 6.45) is 1.65. The number of nitrogens with zero attached hydrogens (tertiary/aromatic N) is 2. The Balaban J connectivity index is 2.08. The summed E-state index contributed by atoms with van der Waals surface area (Å²) in [6.45, 7) is 5.65. The van der Waals surface area contributed by atoms with Gasteiger partial charge in [0.25, 0.3) is 0 Å². The Morgan fingerprint density at radius 2 is 1.89 bits per heavy atom. The van der Waals surface area contributed by atoms with Gasteiger partial charge in [-0.3, -0.25) is 0 Å². The molecule has 0 spiro atoms. The molecule has 18 heavy (non-hydrogen) atoms. The number of rotatable bonds is 4. The quantitative estimate of drug-likeness (QED) is 0.864. The second-order valence-corrected chi connectivity index (χ2v) is 4.01. The molecule has 1 aromatic carbocycles. The number of benzene rings is 1. The van der Waals surface area contributed by atoms with E-state index in [9.17, 15) is 5.11 Å². The molecule has 0 unspecified atom stereocenters. The van der Waals surface area contributed by atoms with Gasteiger partial charge in [0.2, 0.25) is 0 Å². The zero-order chi connectivity index (χ0) is 13.0. The fourth-order valence-electron chi connectivity index (χ4n) is 1.60. The molecule has 0 saturated carbocycles. The van der Waals surface area contributed by atoms with E-state index in [0.717, 1.165) is 11.3 Å². The highest BCUT2D eigenvalue weighted by Gasteiger charge is 2.06. The topological polar surface area (TPSA) is 58.0 Å². The fourth-order valence-corrected chi connectivity index (χ4v) is 1.60. The normalized spacial score (nSPS) is 11.8. The molecule has 92 valence electrons. The van der Waals surface area contributed by atoms with E-state index in [0.29, 0.717) is 5.82 Å². The van der Waals surface area contributed by atoms with Gasteiger partial charge >= 0.3 is 0 Å². The lowest BCUT2D eigenvalue weighted by atomic mass is 10.1. The molecule has 0 fully saturated rings. The van der Waals surface area contributed by atoms with Crippen LogP contribution in [-0.4, -0.2) is 15.3 Å². The average molecular weight is 241 g/mol. The first-order valence-electron chi connectivity index (χ1n) is 5.70. The zero-order valence-corrected chi connectivity index (χ0v) is 10.2. The number of nitrogens with one attached hydrogen (secondary N) is 1. The number of phenols is 1. The summed E-state index contributed by atoms with van der Waals surface area (Å²) < 4.78 is 0. The Labute approximate surface area is 106 Å². The maximum absolute atomic E-state index is 9.23. The smallest absolute Gasteiger partial charge is 0.149 e. The van der Waals surface area contributed by atoms with Crippen LogP contribution in [0, 0.1) is 0 Å². The van der Waals surface area contributed by atoms with Crippen molar-refractivity contribution in [3.8, 4) is 5.75 Å². The Hall–Kier alpha value is -2.36. The standard InChI is InChI=1S/C14H15N3O/c1-3-12-6-9-14(17-16-12)15-10(2)11-4-7-13(18)8-5-11/h3-10,18H,1H2,2H3,(H,15,17)/t10-/m0/s1. The van der Waals surface area contributed by atoms with Gasteiger partial charge < -0.3 is 10.4 Å². The first-order chi connectivity index (χ1) is 8.69. The molecule has 1 atom stereocenters. The third kappa shape index (κ3) is 2.85. The first-order valence-corrected chi connectivity index (χ1v) is 5.70. The van der Waals surface area contributed by atoms with Gasteiger partial charge in [0, 0.05) is 0 Å². The molecule has 4 nitrogen and oxygen atoms in total. The minimum atomic E-state index is 0.0921. The number of hydrogen-bond acceptors (Lipinski definition) is 4. The van der Waals surface area contributed by atoms with Crippen LogP contribution in [0.25, 0.3) is 6.08 Å². The molecule has 0 aliphatic heterocycles. The predicted molar refractivity (Wildman–Crippen MR) is 72.3 cm³/mol. The van der Waals surface area contributed by atoms with Crippen LogP contribution in [0.1, 0.15) is 24.2 Å². The van der Waals surface area contributed by atoms with Crippen molar-refractivity contribution >= 4 is 11.9 Å². The number of aromatic nitrogens is 2. The minimum Gasteiger partial charge on any atom is -0.508 e. The van der Waals surface area contributed by atoms with E-state index in [1.807, 2.05) is 31.2 Å². The average Bonchev–Trinajstić information content (AvgIpc) is 2.40. The lowest BCUT2D eigenvalue weighted by Crippen LogP contribution is -2.08. The Morgan fingerprint density at radius 3 is 2.44 bits per heavy atom. The van der Waals surface area contributed by atoms with Crippen LogP contribution in [0.15, 0.2) is 43.0 Å². The molecule has 0 radical (unpaired) electrons. The molecular formula is C14H15N3O. The molecule has 0 amide bonds. The van der Waals surface area contributed by atoms with Gasteiger partial charge in [0.15, 0.2) is 0 Å². The summed E-state index contributed by atoms with van der Waals surface area (Å²) in [5.41, 5.74) is 1.82. The monoisotopic (exact) mass is 241 g/mol. The molecule has 1 aromatic heterocycles. The summed E-state index contributed by atoms with van der Waals surface area (Å²) in [5.74, 6) is 0.974. The largest absolute Gasteiger partial charge is 0.508 e. The summed E-state index contributed by atoms with van der Waals surface area (Å²) in [6, 6.07) is 10.9. The van der Waals surface area contributed by atoms with Gasteiger partial charge in [-0.1, -0.05) is 18.7 Å². The van der Waals surface area contributed by atoms with E-state index in [-0.39, 0.29) is 11.8 Å². The van der Waals surface area contributed by atoms with Crippen molar-refractivity contribution in [3.63, 3.8) is 0 Å². The van der Waals surface area contributed by atoms with E-state index in [2.05, 4.69) is 22.1 Å². The third-order valence-electron chi connectivity index (χ3n) is 2.65. The van der Waals surface area contributed by atoms with Crippen molar-refractivity contribution in [2.75, 3.05) is 5.32 Å². The van der Waals surface area contributed by atoms with Gasteiger partial charge in [0.1, 0.15) is 11.6 Å². The van der Waals surface area contributed by atoms with Gasteiger partial charge in [-0.25, -0.2) is 0 Å². The predicted octanol–water partition coefficient (Wildman–Crippen LogP) is 3.00. The molecule has 2 N–H and O–H groups in total. The van der Waals surface area contributed by atoms with Crippen molar-refractivity contribution in [1.82, 2.24) is 10.2 Å². The molecular weight excluding hydrogens is 226 g/mol. The van der Waals surface area contributed by atoms with Crippen LogP contribution in [0.5, 0.6) is 5.75 Å². The SMILES string of the molecule is C=Cc1ccc(N[C@@H](C)c2ccc(O)cc2)nn1. The van der Waals surface area contributed by atoms with Crippen LogP contribution in [0.2, 0.25) is 0 Å². The van der Waals surface area contributed by atoms with Gasteiger partial charge in [-0.05, 0) is 42.8 Å². The summed E-state index contributed by atoms with van der Waals surface area (Å²) in [7, 11) is 0. The Morgan fingerprint density at radius 1 is 1.17 bits per heavy atom. The van der Waals surface area contributed by atoms with Crippen LogP contribution in [0.3, 0.4) is 0 Å². The third-order valence-corrected chi connectivity index (χ3v) is 2.65. The van der Waals surface area contributed by atoms with Crippen molar-refractivity contribution in [2.24, 2.45) is 0 Å². The lowest BCUT2D eigenvalue weighted by Gasteiger charge is -2.14. The Bertz CT molecular complexity index is 520. The number of phenolic OH excluding ortho intramolecular Hbond substituents is 1. The maximum atomic E-state index is 9.23. The van der Waals surface area contributed by atoms with Gasteiger partial charge in [-0.2, -0.15) is 0 Å². The fraction of sp³-hybridized carbons (Fsp3) is 0.143. The summed E-state index contributed by atoms with van der Waals surface area (Å²) in [4.78, 5) is 0. The van der Waals surface area contributed by atoms with Gasteiger partial charge in [-0.15, -0.1) is 10.2 Å². The molecule has 4 heteroatoms. The van der Waals surface area contributed by atoms with Crippen molar-refractivity contribution in [1.29, 1.82) is 0 Å². The van der Waals surface area contributed by atoms with E-state index in [4.69, 9.17) is 0 Å². The number of hydrogen-bond donors (Lipinski definition) is 2.